The zero-order valence-corrected chi connectivity index (χ0v) is 15.9. The molecule has 0 aromatic heterocycles. The van der Waals surface area contributed by atoms with Crippen LogP contribution in [0.15, 0.2) is 36.4 Å². The predicted molar refractivity (Wildman–Crippen MR) is 104 cm³/mol. The van der Waals surface area contributed by atoms with Crippen molar-refractivity contribution in [3.05, 3.63) is 47.5 Å². The molecule has 0 aliphatic heterocycles. The maximum atomic E-state index is 11.3. The van der Waals surface area contributed by atoms with E-state index in [0.29, 0.717) is 35.2 Å². The molecule has 2 aromatic carbocycles. The Labute approximate surface area is 156 Å². The monoisotopic (exact) mass is 356 g/mol. The van der Waals surface area contributed by atoms with Gasteiger partial charge in [-0.1, -0.05) is 45.2 Å². The van der Waals surface area contributed by atoms with Crippen molar-refractivity contribution in [2.75, 3.05) is 13.7 Å². The zero-order valence-electron chi connectivity index (χ0n) is 15.9. The van der Waals surface area contributed by atoms with Crippen LogP contribution in [0.3, 0.4) is 0 Å². The number of benzene rings is 2. The van der Waals surface area contributed by atoms with Gasteiger partial charge < -0.3 is 14.2 Å². The Bertz CT molecular complexity index is 692. The third kappa shape index (κ3) is 5.51. The topological polar surface area (TPSA) is 44.8 Å². The molecule has 0 radical (unpaired) electrons. The maximum Gasteiger partial charge on any atom is 0.204 e. The molecule has 4 nitrogen and oxygen atoms in total. The van der Waals surface area contributed by atoms with E-state index in [2.05, 4.69) is 13.8 Å². The summed E-state index contributed by atoms with van der Waals surface area (Å²) in [4.78, 5) is 11.3. The fourth-order valence-corrected chi connectivity index (χ4v) is 2.66. The molecule has 4 heteroatoms. The number of hydrogen-bond acceptors (Lipinski definition) is 4. The smallest absolute Gasteiger partial charge is 0.204 e. The highest BCUT2D eigenvalue weighted by Gasteiger charge is 2.16. The van der Waals surface area contributed by atoms with Crippen LogP contribution in [-0.2, 0) is 6.42 Å². The number of unbranched alkanes of at least 4 members (excludes halogenated alkanes) is 3. The number of aldehydes is 1. The predicted octanol–water partition coefficient (Wildman–Crippen LogP) is 5.82. The van der Waals surface area contributed by atoms with E-state index in [-0.39, 0.29) is 0 Å². The van der Waals surface area contributed by atoms with Crippen LogP contribution in [0.4, 0.5) is 0 Å². The Hall–Kier alpha value is -2.49. The summed E-state index contributed by atoms with van der Waals surface area (Å²) < 4.78 is 17.4. The third-order valence-electron chi connectivity index (χ3n) is 4.20. The second-order valence-electron chi connectivity index (χ2n) is 6.18. The number of carbonyl (C=O) groups excluding carboxylic acids is 1. The van der Waals surface area contributed by atoms with Gasteiger partial charge in [0.05, 0.1) is 13.7 Å². The van der Waals surface area contributed by atoms with Crippen molar-refractivity contribution in [3.63, 3.8) is 0 Å². The first kappa shape index (κ1) is 19.8. The second kappa shape index (κ2) is 10.5. The molecule has 0 aliphatic rings. The first-order valence-electron chi connectivity index (χ1n) is 9.28. The minimum Gasteiger partial charge on any atom is -0.493 e. The quantitative estimate of drug-likeness (QED) is 0.376. The molecular weight excluding hydrogens is 328 g/mol. The van der Waals surface area contributed by atoms with Crippen molar-refractivity contribution < 1.29 is 19.0 Å². The molecule has 0 aliphatic carbocycles. The van der Waals surface area contributed by atoms with E-state index in [9.17, 15) is 4.79 Å². The molecule has 2 rings (SSSR count). The van der Waals surface area contributed by atoms with Crippen LogP contribution in [-0.4, -0.2) is 20.0 Å². The summed E-state index contributed by atoms with van der Waals surface area (Å²) in [5.41, 5.74) is 1.73. The Morgan fingerprint density at radius 1 is 0.962 bits per heavy atom. The van der Waals surface area contributed by atoms with Crippen molar-refractivity contribution in [3.8, 4) is 23.0 Å². The molecule has 0 amide bonds. The summed E-state index contributed by atoms with van der Waals surface area (Å²) >= 11 is 0. The van der Waals surface area contributed by atoms with Gasteiger partial charge in [-0.3, -0.25) is 4.79 Å². The fraction of sp³-hybridized carbons (Fsp3) is 0.409. The Morgan fingerprint density at radius 3 is 2.31 bits per heavy atom. The zero-order chi connectivity index (χ0) is 18.8. The van der Waals surface area contributed by atoms with Crippen LogP contribution in [0.2, 0.25) is 0 Å². The van der Waals surface area contributed by atoms with E-state index < -0.39 is 0 Å². The Kier molecular flexibility index (Phi) is 8.00. The molecule has 0 spiro atoms. The van der Waals surface area contributed by atoms with Crippen LogP contribution in [0.25, 0.3) is 0 Å². The van der Waals surface area contributed by atoms with Crippen LogP contribution in [0, 0.1) is 0 Å². The van der Waals surface area contributed by atoms with Crippen molar-refractivity contribution in [2.24, 2.45) is 0 Å². The molecule has 0 N–H and O–H groups in total. The van der Waals surface area contributed by atoms with Gasteiger partial charge in [-0.25, -0.2) is 0 Å². The molecule has 0 fully saturated rings. The van der Waals surface area contributed by atoms with Crippen molar-refractivity contribution >= 4 is 6.29 Å². The van der Waals surface area contributed by atoms with Gasteiger partial charge in [-0.2, -0.15) is 0 Å². The third-order valence-corrected chi connectivity index (χ3v) is 4.20. The van der Waals surface area contributed by atoms with Gasteiger partial charge in [0.15, 0.2) is 11.5 Å². The lowest BCUT2D eigenvalue weighted by atomic mass is 10.1. The Morgan fingerprint density at radius 2 is 1.69 bits per heavy atom. The molecule has 0 saturated heterocycles. The number of carbonyl (C=O) groups is 1. The molecule has 0 bridgehead atoms. The molecule has 26 heavy (non-hydrogen) atoms. The lowest BCUT2D eigenvalue weighted by Crippen LogP contribution is -2.02. The average Bonchev–Trinajstić information content (AvgIpc) is 2.68. The second-order valence-corrected chi connectivity index (χ2v) is 6.18. The highest BCUT2D eigenvalue weighted by Crippen LogP contribution is 2.40. The van der Waals surface area contributed by atoms with Crippen LogP contribution < -0.4 is 14.2 Å². The SMILES string of the molecule is CCCCCCOc1c(OC)cc(C=O)cc1Oc1ccc(CC)cc1. The van der Waals surface area contributed by atoms with Crippen molar-refractivity contribution in [1.82, 2.24) is 0 Å². The summed E-state index contributed by atoms with van der Waals surface area (Å²) in [6.45, 7) is 4.87. The van der Waals surface area contributed by atoms with Gasteiger partial charge in [-0.15, -0.1) is 0 Å². The highest BCUT2D eigenvalue weighted by molar-refractivity contribution is 5.78. The maximum absolute atomic E-state index is 11.3. The molecule has 140 valence electrons. The summed E-state index contributed by atoms with van der Waals surface area (Å²) in [6.07, 6.45) is 6.22. The average molecular weight is 356 g/mol. The number of methoxy groups -OCH3 is 1. The van der Waals surface area contributed by atoms with Crippen molar-refractivity contribution in [2.45, 2.75) is 46.0 Å². The highest BCUT2D eigenvalue weighted by atomic mass is 16.5. The van der Waals surface area contributed by atoms with Crippen LogP contribution in [0.1, 0.15) is 55.5 Å². The van der Waals surface area contributed by atoms with E-state index in [4.69, 9.17) is 14.2 Å². The van der Waals surface area contributed by atoms with Gasteiger partial charge >= 0.3 is 0 Å². The van der Waals surface area contributed by atoms with E-state index >= 15 is 0 Å². The number of aryl methyl sites for hydroxylation is 1. The van der Waals surface area contributed by atoms with E-state index in [1.165, 1.54) is 18.4 Å². The summed E-state index contributed by atoms with van der Waals surface area (Å²) in [6, 6.07) is 11.3. The first-order valence-corrected chi connectivity index (χ1v) is 9.28. The first-order chi connectivity index (χ1) is 12.7. The van der Waals surface area contributed by atoms with Gasteiger partial charge in [0.1, 0.15) is 12.0 Å². The lowest BCUT2D eigenvalue weighted by Gasteiger charge is -2.16. The van der Waals surface area contributed by atoms with Gasteiger partial charge in [0, 0.05) is 5.56 Å². The van der Waals surface area contributed by atoms with Crippen LogP contribution >= 0.6 is 0 Å². The molecule has 0 atom stereocenters. The van der Waals surface area contributed by atoms with E-state index in [1.807, 2.05) is 24.3 Å². The fourth-order valence-electron chi connectivity index (χ4n) is 2.66. The minimum absolute atomic E-state index is 0.486. The molecule has 0 unspecified atom stereocenters. The summed E-state index contributed by atoms with van der Waals surface area (Å²) in [7, 11) is 1.56. The lowest BCUT2D eigenvalue weighted by molar-refractivity contribution is 0.112. The number of ether oxygens (including phenoxy) is 3. The normalized spacial score (nSPS) is 10.4. The molecule has 0 saturated carbocycles. The minimum atomic E-state index is 0.486. The number of hydrogen-bond donors (Lipinski definition) is 0. The molecule has 2 aromatic rings. The summed E-state index contributed by atoms with van der Waals surface area (Å²) in [5, 5.41) is 0. The Balaban J connectivity index is 2.23. The molecular formula is C22H28O4. The van der Waals surface area contributed by atoms with Gasteiger partial charge in [0.2, 0.25) is 5.75 Å². The standard InChI is InChI=1S/C22H28O4/c1-4-6-7-8-13-25-22-20(24-3)14-18(16-23)15-21(22)26-19-11-9-17(5-2)10-12-19/h9-12,14-16H,4-8,13H2,1-3H3. The summed E-state index contributed by atoms with van der Waals surface area (Å²) in [5.74, 6) is 2.23. The largest absolute Gasteiger partial charge is 0.493 e. The molecule has 0 heterocycles. The van der Waals surface area contributed by atoms with Gasteiger partial charge in [-0.05, 0) is 42.7 Å². The van der Waals surface area contributed by atoms with E-state index in [0.717, 1.165) is 25.5 Å². The van der Waals surface area contributed by atoms with Crippen LogP contribution in [0.5, 0.6) is 23.0 Å². The van der Waals surface area contributed by atoms with Crippen molar-refractivity contribution in [1.29, 1.82) is 0 Å². The van der Waals surface area contributed by atoms with Gasteiger partial charge in [0.25, 0.3) is 0 Å². The van der Waals surface area contributed by atoms with E-state index in [1.54, 1.807) is 19.2 Å². The number of rotatable bonds is 11.